The van der Waals surface area contributed by atoms with Gasteiger partial charge in [0.25, 0.3) is 5.91 Å². The number of anilines is 1. The van der Waals surface area contributed by atoms with Crippen molar-refractivity contribution < 1.29 is 28.6 Å². The minimum Gasteiger partial charge on any atom is -0.493 e. The van der Waals surface area contributed by atoms with E-state index in [0.717, 1.165) is 0 Å². The number of hydrogen-bond donors (Lipinski definition) is 1. The normalized spacial score (nSPS) is 16.8. The van der Waals surface area contributed by atoms with Gasteiger partial charge in [0, 0.05) is 12.6 Å². The molecule has 180 valence electrons. The van der Waals surface area contributed by atoms with Crippen LogP contribution >= 0.6 is 0 Å². The van der Waals surface area contributed by atoms with Crippen LogP contribution in [0.1, 0.15) is 43.8 Å². The lowest BCUT2D eigenvalue weighted by molar-refractivity contribution is -0.119. The Morgan fingerprint density at radius 2 is 1.57 bits per heavy atom. The molecular weight excluding hydrogens is 448 g/mol. The van der Waals surface area contributed by atoms with Gasteiger partial charge in [0.1, 0.15) is 0 Å². The Balaban J connectivity index is 1.83. The zero-order valence-corrected chi connectivity index (χ0v) is 19.9. The third-order valence-electron chi connectivity index (χ3n) is 6.20. The monoisotopic (exact) mass is 474 g/mol. The molecule has 3 aromatic carbocycles. The summed E-state index contributed by atoms with van der Waals surface area (Å²) >= 11 is 0. The Morgan fingerprint density at radius 1 is 0.886 bits per heavy atom. The summed E-state index contributed by atoms with van der Waals surface area (Å²) in [5.74, 6) is -0.868. The van der Waals surface area contributed by atoms with E-state index in [0.29, 0.717) is 33.9 Å². The fraction of sp³-hybridized carbons (Fsp3) is 0.222. The standard InChI is InChI=1S/C27H26N2O6/c1-29-24(16-13-14-21(33-2)22(15-16)34-3)23(17-9-5-6-10-18(17)26(29)31)25(30)28-20-12-8-7-11-19(20)27(32)35-4/h5-15,23-24H,1-4H3,(H,28,30)/t23-,24-/m0/s1. The van der Waals surface area contributed by atoms with Crippen LogP contribution in [0.3, 0.4) is 0 Å². The quantitative estimate of drug-likeness (QED) is 0.542. The topological polar surface area (TPSA) is 94.2 Å². The third kappa shape index (κ3) is 4.30. The lowest BCUT2D eigenvalue weighted by atomic mass is 9.79. The third-order valence-corrected chi connectivity index (χ3v) is 6.20. The SMILES string of the molecule is COC(=O)c1ccccc1NC(=O)[C@H]1c2ccccc2C(=O)N(C)[C@H]1c1ccc(OC)c(OC)c1. The van der Waals surface area contributed by atoms with E-state index < -0.39 is 17.9 Å². The Morgan fingerprint density at radius 3 is 2.29 bits per heavy atom. The molecule has 0 saturated carbocycles. The van der Waals surface area contributed by atoms with Crippen molar-refractivity contribution in [3.8, 4) is 11.5 Å². The van der Waals surface area contributed by atoms with Crippen molar-refractivity contribution in [1.29, 1.82) is 0 Å². The molecule has 35 heavy (non-hydrogen) atoms. The zero-order chi connectivity index (χ0) is 25.1. The van der Waals surface area contributed by atoms with Gasteiger partial charge < -0.3 is 24.4 Å². The Hall–Kier alpha value is -4.33. The minimum absolute atomic E-state index is 0.195. The van der Waals surface area contributed by atoms with Crippen LogP contribution < -0.4 is 14.8 Å². The molecule has 0 saturated heterocycles. The maximum absolute atomic E-state index is 13.8. The van der Waals surface area contributed by atoms with E-state index >= 15 is 0 Å². The van der Waals surface area contributed by atoms with Gasteiger partial charge in [-0.05, 0) is 41.5 Å². The van der Waals surface area contributed by atoms with Gasteiger partial charge in [-0.3, -0.25) is 9.59 Å². The molecule has 0 radical (unpaired) electrons. The van der Waals surface area contributed by atoms with Gasteiger partial charge in [0.05, 0.1) is 44.5 Å². The van der Waals surface area contributed by atoms with Crippen molar-refractivity contribution in [2.75, 3.05) is 33.7 Å². The molecule has 1 aliphatic heterocycles. The van der Waals surface area contributed by atoms with Crippen LogP contribution in [0.25, 0.3) is 0 Å². The second kappa shape index (κ2) is 9.89. The van der Waals surface area contributed by atoms with Crippen LogP contribution in [-0.2, 0) is 9.53 Å². The van der Waals surface area contributed by atoms with E-state index in [1.54, 1.807) is 79.7 Å². The molecule has 4 rings (SSSR count). The summed E-state index contributed by atoms with van der Waals surface area (Å²) in [5.41, 5.74) is 2.32. The maximum atomic E-state index is 13.8. The van der Waals surface area contributed by atoms with Gasteiger partial charge in [-0.2, -0.15) is 0 Å². The average molecular weight is 475 g/mol. The van der Waals surface area contributed by atoms with Crippen molar-refractivity contribution >= 4 is 23.5 Å². The number of carbonyl (C=O) groups excluding carboxylic acids is 3. The van der Waals surface area contributed by atoms with Crippen LogP contribution in [0.2, 0.25) is 0 Å². The summed E-state index contributed by atoms with van der Waals surface area (Å²) in [5, 5.41) is 2.89. The van der Waals surface area contributed by atoms with Crippen molar-refractivity contribution in [1.82, 2.24) is 4.90 Å². The van der Waals surface area contributed by atoms with Gasteiger partial charge in [0.2, 0.25) is 5.91 Å². The van der Waals surface area contributed by atoms with Crippen LogP contribution in [0, 0.1) is 0 Å². The second-order valence-electron chi connectivity index (χ2n) is 8.07. The molecule has 0 spiro atoms. The summed E-state index contributed by atoms with van der Waals surface area (Å²) < 4.78 is 15.7. The minimum atomic E-state index is -0.766. The first kappa shape index (κ1) is 23.8. The number of likely N-dealkylation sites (N-methyl/N-ethyl adjacent to an activating group) is 1. The highest BCUT2D eigenvalue weighted by Crippen LogP contribution is 2.44. The van der Waals surface area contributed by atoms with Crippen molar-refractivity contribution in [3.05, 3.63) is 89.0 Å². The number of amides is 2. The zero-order valence-electron chi connectivity index (χ0n) is 19.9. The lowest BCUT2D eigenvalue weighted by Gasteiger charge is -2.40. The Bertz CT molecular complexity index is 1290. The van der Waals surface area contributed by atoms with Gasteiger partial charge >= 0.3 is 5.97 Å². The number of ether oxygens (including phenoxy) is 3. The maximum Gasteiger partial charge on any atom is 0.339 e. The summed E-state index contributed by atoms with van der Waals surface area (Å²) in [7, 11) is 6.02. The molecule has 0 bridgehead atoms. The van der Waals surface area contributed by atoms with Gasteiger partial charge in [-0.1, -0.05) is 36.4 Å². The predicted octanol–water partition coefficient (Wildman–Crippen LogP) is 4.04. The molecule has 0 aliphatic carbocycles. The molecule has 0 aromatic heterocycles. The number of esters is 1. The van der Waals surface area contributed by atoms with E-state index in [1.165, 1.54) is 14.2 Å². The molecule has 2 amide bonds. The fourth-order valence-corrected chi connectivity index (χ4v) is 4.50. The number of benzene rings is 3. The number of hydrogen-bond acceptors (Lipinski definition) is 6. The summed E-state index contributed by atoms with van der Waals surface area (Å²) in [6.07, 6.45) is 0. The molecule has 1 N–H and O–H groups in total. The van der Waals surface area contributed by atoms with Crippen LogP contribution in [-0.4, -0.2) is 51.1 Å². The van der Waals surface area contributed by atoms with Crippen LogP contribution in [0.4, 0.5) is 5.69 Å². The molecule has 8 heteroatoms. The van der Waals surface area contributed by atoms with E-state index in [-0.39, 0.29) is 17.4 Å². The second-order valence-corrected chi connectivity index (χ2v) is 8.07. The number of nitrogens with zero attached hydrogens (tertiary/aromatic N) is 1. The first-order valence-electron chi connectivity index (χ1n) is 11.0. The molecular formula is C27H26N2O6. The van der Waals surface area contributed by atoms with Crippen molar-refractivity contribution in [2.45, 2.75) is 12.0 Å². The van der Waals surface area contributed by atoms with Crippen molar-refractivity contribution in [2.24, 2.45) is 0 Å². The molecule has 1 aliphatic rings. The number of rotatable bonds is 6. The highest BCUT2D eigenvalue weighted by Gasteiger charge is 2.43. The number of methoxy groups -OCH3 is 3. The van der Waals surface area contributed by atoms with Gasteiger partial charge in [-0.25, -0.2) is 4.79 Å². The largest absolute Gasteiger partial charge is 0.493 e. The number of fused-ring (bicyclic) bond motifs is 1. The average Bonchev–Trinajstić information content (AvgIpc) is 2.89. The van der Waals surface area contributed by atoms with Crippen molar-refractivity contribution in [3.63, 3.8) is 0 Å². The van der Waals surface area contributed by atoms with Gasteiger partial charge in [-0.15, -0.1) is 0 Å². The molecule has 0 fully saturated rings. The molecule has 8 nitrogen and oxygen atoms in total. The van der Waals surface area contributed by atoms with E-state index in [9.17, 15) is 14.4 Å². The molecule has 1 heterocycles. The number of nitrogens with one attached hydrogen (secondary N) is 1. The number of carbonyl (C=O) groups is 3. The smallest absolute Gasteiger partial charge is 0.339 e. The van der Waals surface area contributed by atoms with E-state index in [2.05, 4.69) is 5.32 Å². The summed E-state index contributed by atoms with van der Waals surface area (Å²) in [6.45, 7) is 0. The molecule has 3 aromatic rings. The van der Waals surface area contributed by atoms with Crippen LogP contribution in [0.15, 0.2) is 66.7 Å². The van der Waals surface area contributed by atoms with Crippen LogP contribution in [0.5, 0.6) is 11.5 Å². The molecule has 2 atom stereocenters. The van der Waals surface area contributed by atoms with E-state index in [1.807, 2.05) is 6.07 Å². The predicted molar refractivity (Wildman–Crippen MR) is 130 cm³/mol. The fourth-order valence-electron chi connectivity index (χ4n) is 4.50. The lowest BCUT2D eigenvalue weighted by Crippen LogP contribution is -2.44. The first-order chi connectivity index (χ1) is 16.9. The van der Waals surface area contributed by atoms with E-state index in [4.69, 9.17) is 14.2 Å². The number of para-hydroxylation sites is 1. The van der Waals surface area contributed by atoms with Gasteiger partial charge in [0.15, 0.2) is 11.5 Å². The Labute approximate surface area is 203 Å². The highest BCUT2D eigenvalue weighted by molar-refractivity contribution is 6.06. The summed E-state index contributed by atoms with van der Waals surface area (Å²) in [6, 6.07) is 18.4. The Kier molecular flexibility index (Phi) is 6.73. The molecule has 0 unspecified atom stereocenters. The highest BCUT2D eigenvalue weighted by atomic mass is 16.5. The first-order valence-corrected chi connectivity index (χ1v) is 11.0. The summed E-state index contributed by atoms with van der Waals surface area (Å²) in [4.78, 5) is 40.9.